The van der Waals surface area contributed by atoms with Crippen molar-refractivity contribution in [1.82, 2.24) is 5.32 Å². The van der Waals surface area contributed by atoms with Crippen LogP contribution in [0.5, 0.6) is 0 Å². The van der Waals surface area contributed by atoms with Crippen LogP contribution in [-0.4, -0.2) is 38.1 Å². The van der Waals surface area contributed by atoms with Crippen molar-refractivity contribution in [2.45, 2.75) is 32.7 Å². The molecule has 1 heterocycles. The van der Waals surface area contributed by atoms with Crippen molar-refractivity contribution in [2.24, 2.45) is 0 Å². The molecule has 0 saturated heterocycles. The number of ether oxygens (including phenoxy) is 2. The summed E-state index contributed by atoms with van der Waals surface area (Å²) in [5.41, 5.74) is 0.347. The van der Waals surface area contributed by atoms with E-state index in [0.717, 1.165) is 0 Å². The second-order valence-electron chi connectivity index (χ2n) is 4.49. The third kappa shape index (κ3) is 4.62. The topological polar surface area (TPSA) is 94.8 Å². The molecule has 0 aliphatic rings. The molecule has 0 bridgehead atoms. The maximum atomic E-state index is 12.1. The third-order valence-electron chi connectivity index (χ3n) is 2.94. The molecule has 0 unspecified atom stereocenters. The Bertz CT molecular complexity index is 534. The lowest BCUT2D eigenvalue weighted by atomic mass is 10.1. The fraction of sp³-hybridized carbons (Fsp3) is 0.500. The van der Waals surface area contributed by atoms with Gasteiger partial charge in [-0.05, 0) is 26.3 Å². The summed E-state index contributed by atoms with van der Waals surface area (Å²) in [7, 11) is 2.47. The van der Waals surface area contributed by atoms with Crippen molar-refractivity contribution in [1.29, 1.82) is 0 Å². The molecule has 116 valence electrons. The monoisotopic (exact) mass is 297 g/mol. The smallest absolute Gasteiger partial charge is 0.328 e. The molecule has 1 amide bonds. The van der Waals surface area contributed by atoms with Crippen LogP contribution in [0, 0.1) is 13.8 Å². The Kier molecular flexibility index (Phi) is 5.95. The van der Waals surface area contributed by atoms with Crippen LogP contribution in [0.15, 0.2) is 10.5 Å². The van der Waals surface area contributed by atoms with Crippen molar-refractivity contribution >= 4 is 17.8 Å². The van der Waals surface area contributed by atoms with Crippen LogP contribution in [0.2, 0.25) is 0 Å². The molecule has 0 fully saturated rings. The van der Waals surface area contributed by atoms with Gasteiger partial charge in [-0.1, -0.05) is 0 Å². The largest absolute Gasteiger partial charge is 0.469 e. The van der Waals surface area contributed by atoms with Crippen LogP contribution in [0.3, 0.4) is 0 Å². The van der Waals surface area contributed by atoms with Gasteiger partial charge in [0, 0.05) is 6.42 Å². The molecule has 0 spiro atoms. The van der Waals surface area contributed by atoms with Gasteiger partial charge < -0.3 is 19.2 Å². The third-order valence-corrected chi connectivity index (χ3v) is 2.94. The fourth-order valence-electron chi connectivity index (χ4n) is 1.85. The molecule has 0 aromatic carbocycles. The summed E-state index contributed by atoms with van der Waals surface area (Å²) in [6.07, 6.45) is 0.0981. The van der Waals surface area contributed by atoms with Gasteiger partial charge in [0.05, 0.1) is 19.8 Å². The van der Waals surface area contributed by atoms with E-state index in [9.17, 15) is 14.4 Å². The highest BCUT2D eigenvalue weighted by Crippen LogP contribution is 2.14. The Morgan fingerprint density at radius 3 is 2.38 bits per heavy atom. The van der Waals surface area contributed by atoms with Crippen LogP contribution >= 0.6 is 0 Å². The Morgan fingerprint density at radius 2 is 1.90 bits per heavy atom. The normalized spacial score (nSPS) is 11.6. The van der Waals surface area contributed by atoms with Gasteiger partial charge in [-0.3, -0.25) is 9.59 Å². The molecular weight excluding hydrogens is 278 g/mol. The maximum Gasteiger partial charge on any atom is 0.328 e. The highest BCUT2D eigenvalue weighted by atomic mass is 16.5. The van der Waals surface area contributed by atoms with Gasteiger partial charge in [-0.15, -0.1) is 0 Å². The average molecular weight is 297 g/mol. The van der Waals surface area contributed by atoms with E-state index in [1.165, 1.54) is 14.2 Å². The second-order valence-corrected chi connectivity index (χ2v) is 4.49. The summed E-state index contributed by atoms with van der Waals surface area (Å²) in [5.74, 6) is -0.480. The summed E-state index contributed by atoms with van der Waals surface area (Å²) in [6, 6.07) is 0.662. The Morgan fingerprint density at radius 1 is 1.24 bits per heavy atom. The number of carbonyl (C=O) groups excluding carboxylic acids is 3. The number of furan rings is 1. The average Bonchev–Trinajstić information content (AvgIpc) is 2.80. The van der Waals surface area contributed by atoms with Crippen LogP contribution in [0.4, 0.5) is 0 Å². The minimum absolute atomic E-state index is 0.0000561. The number of hydrogen-bond acceptors (Lipinski definition) is 6. The molecule has 1 aromatic rings. The molecular formula is C14H19NO6. The first-order valence-corrected chi connectivity index (χ1v) is 6.41. The van der Waals surface area contributed by atoms with Crippen LogP contribution < -0.4 is 5.32 Å². The standard InChI is InChI=1S/C14H19NO6/c1-8-7-10(9(2)21-8)13(17)15-11(14(18)20-4)5-6-12(16)19-3/h7,11H,5-6H2,1-4H3,(H,15,17)/t11-/m1/s1. The Labute approximate surface area is 122 Å². The number of rotatable bonds is 6. The van der Waals surface area contributed by atoms with Gasteiger partial charge in [0.2, 0.25) is 0 Å². The SMILES string of the molecule is COC(=O)CC[C@@H](NC(=O)c1cc(C)oc1C)C(=O)OC. The lowest BCUT2D eigenvalue weighted by Gasteiger charge is -2.15. The number of hydrogen-bond donors (Lipinski definition) is 1. The Balaban J connectivity index is 2.76. The summed E-state index contributed by atoms with van der Waals surface area (Å²) in [5, 5.41) is 2.54. The minimum Gasteiger partial charge on any atom is -0.469 e. The van der Waals surface area contributed by atoms with Gasteiger partial charge in [0.25, 0.3) is 5.91 Å². The molecule has 1 rings (SSSR count). The summed E-state index contributed by atoms with van der Waals surface area (Å²) < 4.78 is 14.4. The number of aryl methyl sites for hydroxylation is 2. The van der Waals surface area contributed by atoms with E-state index in [0.29, 0.717) is 17.1 Å². The van der Waals surface area contributed by atoms with Gasteiger partial charge in [-0.25, -0.2) is 4.79 Å². The maximum absolute atomic E-state index is 12.1. The Hall–Kier alpha value is -2.31. The van der Waals surface area contributed by atoms with E-state index < -0.39 is 23.9 Å². The molecule has 0 radical (unpaired) electrons. The zero-order valence-electron chi connectivity index (χ0n) is 12.5. The predicted octanol–water partition coefficient (Wildman–Crippen LogP) is 1.12. The predicted molar refractivity (Wildman–Crippen MR) is 72.7 cm³/mol. The molecule has 0 saturated carbocycles. The number of amides is 1. The van der Waals surface area contributed by atoms with E-state index in [4.69, 9.17) is 4.42 Å². The molecule has 1 N–H and O–H groups in total. The van der Waals surface area contributed by atoms with Crippen molar-refractivity contribution in [3.05, 3.63) is 23.2 Å². The summed E-state index contributed by atoms with van der Waals surface area (Å²) >= 11 is 0. The first-order valence-electron chi connectivity index (χ1n) is 6.41. The molecule has 7 heteroatoms. The highest BCUT2D eigenvalue weighted by molar-refractivity contribution is 5.97. The summed E-state index contributed by atoms with van der Waals surface area (Å²) in [6.45, 7) is 3.38. The number of methoxy groups -OCH3 is 2. The van der Waals surface area contributed by atoms with Crippen LogP contribution in [0.1, 0.15) is 34.7 Å². The molecule has 21 heavy (non-hydrogen) atoms. The van der Waals surface area contributed by atoms with Crippen molar-refractivity contribution in [3.63, 3.8) is 0 Å². The van der Waals surface area contributed by atoms with Gasteiger partial charge in [0.1, 0.15) is 17.6 Å². The molecule has 1 atom stereocenters. The van der Waals surface area contributed by atoms with E-state index >= 15 is 0 Å². The lowest BCUT2D eigenvalue weighted by molar-refractivity contribution is -0.144. The zero-order valence-corrected chi connectivity index (χ0v) is 12.5. The molecule has 0 aliphatic heterocycles. The molecule has 7 nitrogen and oxygen atoms in total. The lowest BCUT2D eigenvalue weighted by Crippen LogP contribution is -2.42. The quantitative estimate of drug-likeness (QED) is 0.791. The second kappa shape index (κ2) is 7.47. The van der Waals surface area contributed by atoms with E-state index in [1.807, 2.05) is 0 Å². The van der Waals surface area contributed by atoms with Crippen LogP contribution in [0.25, 0.3) is 0 Å². The minimum atomic E-state index is -0.920. The number of nitrogens with one attached hydrogen (secondary N) is 1. The first-order chi connectivity index (χ1) is 9.88. The van der Waals surface area contributed by atoms with Gasteiger partial charge in [-0.2, -0.15) is 0 Å². The van der Waals surface area contributed by atoms with E-state index in [2.05, 4.69) is 14.8 Å². The van der Waals surface area contributed by atoms with Crippen molar-refractivity contribution in [2.75, 3.05) is 14.2 Å². The van der Waals surface area contributed by atoms with Crippen LogP contribution in [-0.2, 0) is 19.1 Å². The molecule has 0 aliphatic carbocycles. The van der Waals surface area contributed by atoms with Crippen molar-refractivity contribution < 1.29 is 28.3 Å². The van der Waals surface area contributed by atoms with E-state index in [1.54, 1.807) is 19.9 Å². The molecule has 1 aromatic heterocycles. The first kappa shape index (κ1) is 16.7. The van der Waals surface area contributed by atoms with Gasteiger partial charge >= 0.3 is 11.9 Å². The van der Waals surface area contributed by atoms with E-state index in [-0.39, 0.29) is 12.8 Å². The van der Waals surface area contributed by atoms with Gasteiger partial charge in [0.15, 0.2) is 0 Å². The fourth-order valence-corrected chi connectivity index (χ4v) is 1.85. The van der Waals surface area contributed by atoms with Crippen molar-refractivity contribution in [3.8, 4) is 0 Å². The summed E-state index contributed by atoms with van der Waals surface area (Å²) in [4.78, 5) is 34.9. The number of esters is 2. The zero-order chi connectivity index (χ0) is 16.0. The number of carbonyl (C=O) groups is 3. The highest BCUT2D eigenvalue weighted by Gasteiger charge is 2.24.